The number of nitrogens with zero attached hydrogens (tertiary/aromatic N) is 2. The highest BCUT2D eigenvalue weighted by Crippen LogP contribution is 2.35. The first-order valence-electron chi connectivity index (χ1n) is 6.32. The summed E-state index contributed by atoms with van der Waals surface area (Å²) >= 11 is 0. The van der Waals surface area contributed by atoms with Crippen LogP contribution >= 0.6 is 0 Å². The first-order valence-corrected chi connectivity index (χ1v) is 6.32. The Morgan fingerprint density at radius 1 is 1.32 bits per heavy atom. The van der Waals surface area contributed by atoms with Crippen LogP contribution < -0.4 is 5.32 Å². The number of amides is 1. The van der Waals surface area contributed by atoms with E-state index in [1.54, 1.807) is 7.05 Å². The van der Waals surface area contributed by atoms with Crippen molar-refractivity contribution < 1.29 is 22.7 Å². The Labute approximate surface area is 124 Å². The van der Waals surface area contributed by atoms with Crippen molar-refractivity contribution in [3.05, 3.63) is 47.7 Å². The van der Waals surface area contributed by atoms with Gasteiger partial charge in [0.05, 0.1) is 11.8 Å². The van der Waals surface area contributed by atoms with Gasteiger partial charge in [0.25, 0.3) is 5.91 Å². The van der Waals surface area contributed by atoms with Gasteiger partial charge in [0.15, 0.2) is 6.10 Å². The minimum atomic E-state index is -4.57. The highest BCUT2D eigenvalue weighted by Gasteiger charge is 2.37. The molecule has 1 aromatic heterocycles. The van der Waals surface area contributed by atoms with Crippen LogP contribution in [0.25, 0.3) is 0 Å². The van der Waals surface area contributed by atoms with Crippen molar-refractivity contribution in [2.24, 2.45) is 7.05 Å². The Morgan fingerprint density at radius 3 is 2.55 bits per heavy atom. The van der Waals surface area contributed by atoms with E-state index in [4.69, 9.17) is 4.74 Å². The van der Waals surface area contributed by atoms with Crippen LogP contribution in [0.5, 0.6) is 0 Å². The Morgan fingerprint density at radius 2 is 2.00 bits per heavy atom. The molecule has 5 nitrogen and oxygen atoms in total. The predicted octanol–water partition coefficient (Wildman–Crippen LogP) is 2.77. The normalized spacial score (nSPS) is 13.0. The number of rotatable bonds is 4. The number of methoxy groups -OCH3 is 1. The van der Waals surface area contributed by atoms with E-state index in [1.165, 1.54) is 42.3 Å². The topological polar surface area (TPSA) is 56.1 Å². The van der Waals surface area contributed by atoms with Gasteiger partial charge in [-0.3, -0.25) is 9.48 Å². The molecule has 0 radical (unpaired) electrons. The molecule has 0 fully saturated rings. The van der Waals surface area contributed by atoms with E-state index in [1.807, 2.05) is 0 Å². The molecule has 0 saturated heterocycles. The lowest BCUT2D eigenvalue weighted by atomic mass is 10.0. The third kappa shape index (κ3) is 3.28. The number of carbonyl (C=O) groups is 1. The monoisotopic (exact) mass is 313 g/mol. The maximum Gasteiger partial charge on any atom is 0.416 e. The molecule has 1 aromatic carbocycles. The quantitative estimate of drug-likeness (QED) is 0.944. The Bertz CT molecular complexity index is 667. The maximum absolute atomic E-state index is 13.0. The van der Waals surface area contributed by atoms with Crippen molar-refractivity contribution >= 4 is 11.7 Å². The molecule has 0 spiro atoms. The van der Waals surface area contributed by atoms with Gasteiger partial charge in [-0.25, -0.2) is 0 Å². The van der Waals surface area contributed by atoms with Crippen LogP contribution in [0.15, 0.2) is 36.5 Å². The Hall–Kier alpha value is -2.35. The van der Waals surface area contributed by atoms with Crippen molar-refractivity contribution in [3.8, 4) is 0 Å². The molecular formula is C14H14F3N3O2. The third-order valence-corrected chi connectivity index (χ3v) is 3.09. The van der Waals surface area contributed by atoms with E-state index in [-0.39, 0.29) is 5.56 Å². The fourth-order valence-corrected chi connectivity index (χ4v) is 2.05. The summed E-state index contributed by atoms with van der Waals surface area (Å²) in [6.45, 7) is 0. The molecule has 0 bridgehead atoms. The number of anilines is 1. The van der Waals surface area contributed by atoms with Gasteiger partial charge < -0.3 is 10.1 Å². The molecule has 1 N–H and O–H groups in total. The van der Waals surface area contributed by atoms with Gasteiger partial charge in [0.2, 0.25) is 0 Å². The van der Waals surface area contributed by atoms with Crippen molar-refractivity contribution in [2.75, 3.05) is 12.4 Å². The molecule has 0 aliphatic heterocycles. The molecule has 1 heterocycles. The summed E-state index contributed by atoms with van der Waals surface area (Å²) in [4.78, 5) is 12.2. The van der Waals surface area contributed by atoms with Crippen LogP contribution in [-0.2, 0) is 22.8 Å². The summed E-state index contributed by atoms with van der Waals surface area (Å²) in [7, 11) is 2.78. The standard InChI is InChI=1S/C14H14F3N3O2/c1-20-11(7-8-18-20)19-13(21)12(22-2)9-5-3-4-6-10(9)14(15,16)17/h3-8,12H,1-2H3,(H,19,21). The van der Waals surface area contributed by atoms with Crippen LogP contribution in [-0.4, -0.2) is 22.8 Å². The summed E-state index contributed by atoms with van der Waals surface area (Å²) in [6.07, 6.45) is -4.49. The summed E-state index contributed by atoms with van der Waals surface area (Å²) in [5.41, 5.74) is -1.14. The molecule has 118 valence electrons. The second-order valence-electron chi connectivity index (χ2n) is 4.53. The Balaban J connectivity index is 2.33. The van der Waals surface area contributed by atoms with Crippen molar-refractivity contribution in [2.45, 2.75) is 12.3 Å². The molecule has 2 rings (SSSR count). The number of alkyl halides is 3. The summed E-state index contributed by atoms with van der Waals surface area (Å²) in [5.74, 6) is -0.348. The number of carbonyl (C=O) groups excluding carboxylic acids is 1. The van der Waals surface area contributed by atoms with E-state index in [0.29, 0.717) is 5.82 Å². The van der Waals surface area contributed by atoms with Crippen LogP contribution in [0.3, 0.4) is 0 Å². The molecule has 8 heteroatoms. The minimum absolute atomic E-state index is 0.239. The zero-order valence-electron chi connectivity index (χ0n) is 11.9. The molecular weight excluding hydrogens is 299 g/mol. The highest BCUT2D eigenvalue weighted by molar-refractivity contribution is 5.94. The number of hydrogen-bond donors (Lipinski definition) is 1. The van der Waals surface area contributed by atoms with Crippen molar-refractivity contribution in [1.82, 2.24) is 9.78 Å². The van der Waals surface area contributed by atoms with Gasteiger partial charge in [0.1, 0.15) is 5.82 Å². The van der Waals surface area contributed by atoms with Crippen molar-refractivity contribution in [3.63, 3.8) is 0 Å². The van der Waals surface area contributed by atoms with Crippen LogP contribution in [0.4, 0.5) is 19.0 Å². The van der Waals surface area contributed by atoms with Gasteiger partial charge in [-0.1, -0.05) is 18.2 Å². The van der Waals surface area contributed by atoms with Crippen LogP contribution in [0.2, 0.25) is 0 Å². The van der Waals surface area contributed by atoms with Gasteiger partial charge in [-0.2, -0.15) is 18.3 Å². The second-order valence-corrected chi connectivity index (χ2v) is 4.53. The summed E-state index contributed by atoms with van der Waals surface area (Å²) in [5, 5.41) is 6.35. The largest absolute Gasteiger partial charge is 0.416 e. The Kier molecular flexibility index (Phi) is 4.51. The SMILES string of the molecule is COC(C(=O)Nc1ccnn1C)c1ccccc1C(F)(F)F. The number of ether oxygens (including phenoxy) is 1. The second kappa shape index (κ2) is 6.18. The highest BCUT2D eigenvalue weighted by atomic mass is 19.4. The molecule has 0 aliphatic rings. The summed E-state index contributed by atoms with van der Waals surface area (Å²) in [6, 6.07) is 6.35. The fourth-order valence-electron chi connectivity index (χ4n) is 2.05. The first-order chi connectivity index (χ1) is 10.3. The smallest absolute Gasteiger partial charge is 0.367 e. The number of benzene rings is 1. The molecule has 2 aromatic rings. The van der Waals surface area contributed by atoms with E-state index >= 15 is 0 Å². The number of halogens is 3. The lowest BCUT2D eigenvalue weighted by molar-refractivity contribution is -0.140. The van der Waals surface area contributed by atoms with E-state index < -0.39 is 23.8 Å². The van der Waals surface area contributed by atoms with E-state index in [2.05, 4.69) is 10.4 Å². The maximum atomic E-state index is 13.0. The molecule has 22 heavy (non-hydrogen) atoms. The molecule has 0 aliphatic carbocycles. The predicted molar refractivity (Wildman–Crippen MR) is 73.0 cm³/mol. The third-order valence-electron chi connectivity index (χ3n) is 3.09. The van der Waals surface area contributed by atoms with E-state index in [0.717, 1.165) is 6.07 Å². The average Bonchev–Trinajstić information content (AvgIpc) is 2.84. The number of nitrogens with one attached hydrogen (secondary N) is 1. The van der Waals surface area contributed by atoms with Crippen LogP contribution in [0, 0.1) is 0 Å². The van der Waals surface area contributed by atoms with Crippen LogP contribution in [0.1, 0.15) is 17.2 Å². The fraction of sp³-hybridized carbons (Fsp3) is 0.286. The van der Waals surface area contributed by atoms with Gasteiger partial charge in [0, 0.05) is 25.8 Å². The van der Waals surface area contributed by atoms with Crippen molar-refractivity contribution in [1.29, 1.82) is 0 Å². The van der Waals surface area contributed by atoms with Gasteiger partial charge >= 0.3 is 6.18 Å². The average molecular weight is 313 g/mol. The number of aromatic nitrogens is 2. The first kappa shape index (κ1) is 16.0. The molecule has 1 unspecified atom stereocenters. The van der Waals surface area contributed by atoms with E-state index in [9.17, 15) is 18.0 Å². The lowest BCUT2D eigenvalue weighted by Gasteiger charge is -2.20. The minimum Gasteiger partial charge on any atom is -0.367 e. The number of hydrogen-bond acceptors (Lipinski definition) is 3. The van der Waals surface area contributed by atoms with Gasteiger partial charge in [-0.15, -0.1) is 0 Å². The van der Waals surface area contributed by atoms with Gasteiger partial charge in [-0.05, 0) is 6.07 Å². The zero-order chi connectivity index (χ0) is 16.3. The zero-order valence-corrected chi connectivity index (χ0v) is 11.9. The summed E-state index contributed by atoms with van der Waals surface area (Å²) < 4.78 is 45.5. The molecule has 1 amide bonds. The number of aryl methyl sites for hydroxylation is 1. The lowest BCUT2D eigenvalue weighted by Crippen LogP contribution is -2.26. The molecule has 0 saturated carbocycles. The molecule has 1 atom stereocenters.